The van der Waals surface area contributed by atoms with E-state index < -0.39 is 0 Å². The molecule has 0 aliphatic heterocycles. The molecule has 0 aromatic rings. The van der Waals surface area contributed by atoms with Crippen molar-refractivity contribution in [3.63, 3.8) is 0 Å². The quantitative estimate of drug-likeness (QED) is 0.762. The van der Waals surface area contributed by atoms with E-state index in [1.807, 2.05) is 6.92 Å². The molecule has 0 bridgehead atoms. The van der Waals surface area contributed by atoms with E-state index in [0.717, 1.165) is 19.3 Å². The molecular weight excluding hydrogens is 250 g/mol. The topological polar surface area (TPSA) is 38.3 Å². The minimum atomic E-state index is -0.317. The lowest BCUT2D eigenvalue weighted by Crippen LogP contribution is -2.50. The normalized spacial score (nSPS) is 28.6. The van der Waals surface area contributed by atoms with Crippen LogP contribution < -0.4 is 5.32 Å². The Morgan fingerprint density at radius 2 is 2.00 bits per heavy atom. The summed E-state index contributed by atoms with van der Waals surface area (Å²) >= 11 is 0. The fourth-order valence-corrected chi connectivity index (χ4v) is 3.24. The van der Waals surface area contributed by atoms with Crippen LogP contribution in [0.1, 0.15) is 59.3 Å². The van der Waals surface area contributed by atoms with Crippen molar-refractivity contribution >= 4 is 6.09 Å². The van der Waals surface area contributed by atoms with Gasteiger partial charge in [0.1, 0.15) is 0 Å². The molecule has 1 N–H and O–H groups in total. The molecule has 1 fully saturated rings. The highest BCUT2D eigenvalue weighted by atomic mass is 16.5. The molecule has 0 aromatic carbocycles. The van der Waals surface area contributed by atoms with Crippen LogP contribution in [0.3, 0.4) is 0 Å². The number of alkyl carbamates (subject to hydrolysis) is 1. The van der Waals surface area contributed by atoms with Crippen molar-refractivity contribution in [3.05, 3.63) is 23.8 Å². The molecule has 0 saturated heterocycles. The molecule has 0 heterocycles. The zero-order valence-corrected chi connectivity index (χ0v) is 13.0. The standard InChI is InChI=1S/C17H27NO2/c1-4-20-15(19)18-17-10-8-6-5-7-9-14(17)13-16(2,3)11-12-17/h11-13H,4-10H2,1-3H3,(H,18,19). The van der Waals surface area contributed by atoms with Crippen molar-refractivity contribution in [1.29, 1.82) is 0 Å². The van der Waals surface area contributed by atoms with Crippen molar-refractivity contribution in [2.75, 3.05) is 6.61 Å². The first-order chi connectivity index (χ1) is 9.47. The number of hydrogen-bond acceptors (Lipinski definition) is 2. The summed E-state index contributed by atoms with van der Waals surface area (Å²) in [4.78, 5) is 11.9. The molecule has 2 rings (SSSR count). The summed E-state index contributed by atoms with van der Waals surface area (Å²) in [6, 6.07) is 0. The van der Waals surface area contributed by atoms with E-state index >= 15 is 0 Å². The molecule has 0 radical (unpaired) electrons. The average Bonchev–Trinajstić information content (AvgIpc) is 2.35. The Bertz CT molecular complexity index is 423. The monoisotopic (exact) mass is 277 g/mol. The van der Waals surface area contributed by atoms with Crippen LogP contribution in [0.25, 0.3) is 0 Å². The van der Waals surface area contributed by atoms with Crippen LogP contribution in [0.4, 0.5) is 4.79 Å². The Kier molecular flexibility index (Phi) is 4.56. The Hall–Kier alpha value is -1.25. The van der Waals surface area contributed by atoms with E-state index in [4.69, 9.17) is 4.74 Å². The van der Waals surface area contributed by atoms with Gasteiger partial charge in [0.2, 0.25) is 0 Å². The molecule has 0 spiro atoms. The summed E-state index contributed by atoms with van der Waals surface area (Å²) in [5.41, 5.74) is 1.12. The Labute approximate surface area is 122 Å². The van der Waals surface area contributed by atoms with Crippen molar-refractivity contribution in [1.82, 2.24) is 5.32 Å². The highest BCUT2D eigenvalue weighted by Crippen LogP contribution is 2.40. The minimum absolute atomic E-state index is 0.0777. The molecule has 3 heteroatoms. The van der Waals surface area contributed by atoms with E-state index in [2.05, 4.69) is 37.4 Å². The Morgan fingerprint density at radius 3 is 2.75 bits per heavy atom. The molecule has 112 valence electrons. The SMILES string of the molecule is CCOC(=O)NC12C=CC(C)(C)C=C1CCCCCC2. The number of ether oxygens (including phenoxy) is 1. The zero-order chi connectivity index (χ0) is 14.6. The second-order valence-corrected chi connectivity index (χ2v) is 6.56. The van der Waals surface area contributed by atoms with Gasteiger partial charge in [-0.25, -0.2) is 4.79 Å². The third-order valence-corrected chi connectivity index (χ3v) is 4.28. The second kappa shape index (κ2) is 6.02. The van der Waals surface area contributed by atoms with Crippen LogP contribution >= 0.6 is 0 Å². The van der Waals surface area contributed by atoms with Gasteiger partial charge in [-0.05, 0) is 31.8 Å². The summed E-state index contributed by atoms with van der Waals surface area (Å²) in [7, 11) is 0. The highest BCUT2D eigenvalue weighted by molar-refractivity contribution is 5.70. The Balaban J connectivity index is 2.27. The number of carbonyl (C=O) groups excluding carboxylic acids is 1. The van der Waals surface area contributed by atoms with Crippen molar-refractivity contribution in [2.24, 2.45) is 5.41 Å². The molecule has 1 unspecified atom stereocenters. The summed E-state index contributed by atoms with van der Waals surface area (Å²) in [6.07, 6.45) is 13.4. The largest absolute Gasteiger partial charge is 0.450 e. The van der Waals surface area contributed by atoms with Crippen LogP contribution in [0, 0.1) is 5.41 Å². The molecule has 20 heavy (non-hydrogen) atoms. The van der Waals surface area contributed by atoms with Crippen LogP contribution in [0.2, 0.25) is 0 Å². The van der Waals surface area contributed by atoms with Gasteiger partial charge in [0.15, 0.2) is 0 Å². The molecule has 1 amide bonds. The van der Waals surface area contributed by atoms with Crippen molar-refractivity contribution in [3.8, 4) is 0 Å². The maximum absolute atomic E-state index is 11.9. The number of hydrogen-bond donors (Lipinski definition) is 1. The fourth-order valence-electron chi connectivity index (χ4n) is 3.24. The smallest absolute Gasteiger partial charge is 0.408 e. The van der Waals surface area contributed by atoms with Crippen molar-refractivity contribution < 1.29 is 9.53 Å². The van der Waals surface area contributed by atoms with Gasteiger partial charge < -0.3 is 10.1 Å². The molecule has 2 aliphatic rings. The summed E-state index contributed by atoms with van der Waals surface area (Å²) in [6.45, 7) is 6.68. The second-order valence-electron chi connectivity index (χ2n) is 6.56. The summed E-state index contributed by atoms with van der Waals surface area (Å²) < 4.78 is 5.10. The van der Waals surface area contributed by atoms with Gasteiger partial charge in [0, 0.05) is 5.41 Å². The van der Waals surface area contributed by atoms with E-state index in [1.54, 1.807) is 0 Å². The average molecular weight is 277 g/mol. The molecule has 2 aliphatic carbocycles. The first-order valence-corrected chi connectivity index (χ1v) is 7.85. The zero-order valence-electron chi connectivity index (χ0n) is 13.0. The van der Waals surface area contributed by atoms with Crippen LogP contribution in [-0.2, 0) is 4.74 Å². The molecule has 1 saturated carbocycles. The van der Waals surface area contributed by atoms with Gasteiger partial charge in [-0.15, -0.1) is 0 Å². The van der Waals surface area contributed by atoms with Gasteiger partial charge in [0.25, 0.3) is 0 Å². The van der Waals surface area contributed by atoms with Gasteiger partial charge in [-0.1, -0.05) is 51.3 Å². The lowest BCUT2D eigenvalue weighted by atomic mass is 9.71. The molecule has 3 nitrogen and oxygen atoms in total. The van der Waals surface area contributed by atoms with E-state index in [0.29, 0.717) is 6.61 Å². The van der Waals surface area contributed by atoms with E-state index in [-0.39, 0.29) is 17.0 Å². The highest BCUT2D eigenvalue weighted by Gasteiger charge is 2.38. The van der Waals surface area contributed by atoms with Gasteiger partial charge >= 0.3 is 6.09 Å². The van der Waals surface area contributed by atoms with Crippen LogP contribution in [0.5, 0.6) is 0 Å². The number of amides is 1. The van der Waals surface area contributed by atoms with Gasteiger partial charge in [-0.3, -0.25) is 0 Å². The Morgan fingerprint density at radius 1 is 1.25 bits per heavy atom. The first kappa shape index (κ1) is 15.1. The predicted molar refractivity (Wildman–Crippen MR) is 81.6 cm³/mol. The number of rotatable bonds is 2. The summed E-state index contributed by atoms with van der Waals surface area (Å²) in [5, 5.41) is 3.12. The molecule has 0 aromatic heterocycles. The fraction of sp³-hybridized carbons (Fsp3) is 0.706. The third-order valence-electron chi connectivity index (χ3n) is 4.28. The number of fused-ring (bicyclic) bond motifs is 1. The lowest BCUT2D eigenvalue weighted by Gasteiger charge is -2.40. The van der Waals surface area contributed by atoms with E-state index in [9.17, 15) is 4.79 Å². The molecule has 1 atom stereocenters. The third kappa shape index (κ3) is 3.44. The van der Waals surface area contributed by atoms with Gasteiger partial charge in [-0.2, -0.15) is 0 Å². The van der Waals surface area contributed by atoms with Gasteiger partial charge in [0.05, 0.1) is 12.1 Å². The number of allylic oxidation sites excluding steroid dienone is 2. The molecular formula is C17H27NO2. The van der Waals surface area contributed by atoms with Crippen LogP contribution in [0.15, 0.2) is 23.8 Å². The van der Waals surface area contributed by atoms with Crippen molar-refractivity contribution in [2.45, 2.75) is 64.8 Å². The maximum Gasteiger partial charge on any atom is 0.408 e. The predicted octanol–water partition coefficient (Wildman–Crippen LogP) is 4.35. The maximum atomic E-state index is 11.9. The number of carbonyl (C=O) groups is 1. The summed E-state index contributed by atoms with van der Waals surface area (Å²) in [5.74, 6) is 0. The lowest BCUT2D eigenvalue weighted by molar-refractivity contribution is 0.143. The van der Waals surface area contributed by atoms with E-state index in [1.165, 1.54) is 24.8 Å². The van der Waals surface area contributed by atoms with Crippen LogP contribution in [-0.4, -0.2) is 18.2 Å². The number of nitrogens with one attached hydrogen (secondary N) is 1. The first-order valence-electron chi connectivity index (χ1n) is 7.85. The minimum Gasteiger partial charge on any atom is -0.450 e.